The van der Waals surface area contributed by atoms with Crippen LogP contribution in [0.15, 0.2) is 36.4 Å². The highest BCUT2D eigenvalue weighted by Crippen LogP contribution is 2.40. The Morgan fingerprint density at radius 2 is 1.84 bits per heavy atom. The molecule has 32 heavy (non-hydrogen) atoms. The van der Waals surface area contributed by atoms with Crippen LogP contribution in [0.5, 0.6) is 11.5 Å². The summed E-state index contributed by atoms with van der Waals surface area (Å²) in [5.41, 5.74) is -0.603. The molecule has 0 bridgehead atoms. The fourth-order valence-corrected chi connectivity index (χ4v) is 4.33. The number of rotatable bonds is 7. The summed E-state index contributed by atoms with van der Waals surface area (Å²) in [6, 6.07) is 10.1. The molecule has 2 fully saturated rings. The second-order valence-electron chi connectivity index (χ2n) is 7.83. The van der Waals surface area contributed by atoms with Gasteiger partial charge in [-0.25, -0.2) is 0 Å². The molecule has 2 saturated heterocycles. The third kappa shape index (κ3) is 4.67. The Balaban J connectivity index is 1.49. The molecular weight excluding hydrogens is 455 g/mol. The molecule has 1 amide bonds. The average molecular weight is 481 g/mol. The standard InChI is InChI=1S/C23H26Cl2N2O5/c1-30-20-5-3-17(15-21(20)32-13-10-26-8-11-31-12-9-26)27-7-6-23(29,22(27)28)16-2-4-18(24)19(25)14-16/h2-5,14-15,29H,6-13H2,1H3. The lowest BCUT2D eigenvalue weighted by Crippen LogP contribution is -2.38. The van der Waals surface area contributed by atoms with E-state index in [1.807, 2.05) is 0 Å². The fraction of sp³-hybridized carbons (Fsp3) is 0.435. The predicted molar refractivity (Wildman–Crippen MR) is 123 cm³/mol. The van der Waals surface area contributed by atoms with Gasteiger partial charge in [0.15, 0.2) is 17.1 Å². The van der Waals surface area contributed by atoms with E-state index in [9.17, 15) is 9.90 Å². The van der Waals surface area contributed by atoms with Gasteiger partial charge < -0.3 is 24.2 Å². The van der Waals surface area contributed by atoms with Gasteiger partial charge in [-0.05, 0) is 29.8 Å². The number of carbonyl (C=O) groups excluding carboxylic acids is 1. The van der Waals surface area contributed by atoms with Crippen LogP contribution in [0.4, 0.5) is 5.69 Å². The van der Waals surface area contributed by atoms with Gasteiger partial charge in [0, 0.05) is 44.4 Å². The van der Waals surface area contributed by atoms with Gasteiger partial charge in [-0.15, -0.1) is 0 Å². The molecule has 0 aromatic heterocycles. The van der Waals surface area contributed by atoms with Gasteiger partial charge in [-0.1, -0.05) is 29.3 Å². The predicted octanol–water partition coefficient (Wildman–Crippen LogP) is 3.34. The topological polar surface area (TPSA) is 71.5 Å². The number of halogens is 2. The van der Waals surface area contributed by atoms with Crippen molar-refractivity contribution in [1.29, 1.82) is 0 Å². The maximum absolute atomic E-state index is 13.2. The highest BCUT2D eigenvalue weighted by atomic mass is 35.5. The lowest BCUT2D eigenvalue weighted by molar-refractivity contribution is -0.133. The van der Waals surface area contributed by atoms with Crippen LogP contribution in [0.25, 0.3) is 0 Å². The molecule has 2 heterocycles. The number of nitrogens with zero attached hydrogens (tertiary/aromatic N) is 2. The quantitative estimate of drug-likeness (QED) is 0.655. The molecule has 172 valence electrons. The number of aliphatic hydroxyl groups is 1. The minimum absolute atomic E-state index is 0.239. The summed E-state index contributed by atoms with van der Waals surface area (Å²) in [4.78, 5) is 17.1. The van der Waals surface area contributed by atoms with Crippen LogP contribution in [-0.4, -0.2) is 69.0 Å². The number of hydrogen-bond acceptors (Lipinski definition) is 6. The monoisotopic (exact) mass is 480 g/mol. The largest absolute Gasteiger partial charge is 0.493 e. The van der Waals surface area contributed by atoms with Crippen molar-refractivity contribution in [2.75, 3.05) is 58.0 Å². The third-order valence-electron chi connectivity index (χ3n) is 5.92. The summed E-state index contributed by atoms with van der Waals surface area (Å²) in [6.45, 7) is 4.86. The molecular formula is C23H26Cl2N2O5. The first-order chi connectivity index (χ1) is 15.4. The van der Waals surface area contributed by atoms with Crippen molar-refractivity contribution in [2.45, 2.75) is 12.0 Å². The van der Waals surface area contributed by atoms with E-state index >= 15 is 0 Å². The van der Waals surface area contributed by atoms with E-state index in [1.165, 1.54) is 0 Å². The van der Waals surface area contributed by atoms with Crippen LogP contribution >= 0.6 is 23.2 Å². The molecule has 0 spiro atoms. The molecule has 2 aromatic carbocycles. The maximum atomic E-state index is 13.2. The Bertz CT molecular complexity index is 983. The number of methoxy groups -OCH3 is 1. The zero-order chi connectivity index (χ0) is 22.7. The molecule has 1 unspecified atom stereocenters. The second kappa shape index (κ2) is 9.85. The number of anilines is 1. The van der Waals surface area contributed by atoms with E-state index in [-0.39, 0.29) is 6.42 Å². The normalized spacial score (nSPS) is 21.8. The van der Waals surface area contributed by atoms with Gasteiger partial charge >= 0.3 is 0 Å². The first-order valence-corrected chi connectivity index (χ1v) is 11.3. The van der Waals surface area contributed by atoms with Gasteiger partial charge in [0.1, 0.15) is 6.61 Å². The first kappa shape index (κ1) is 23.1. The highest BCUT2D eigenvalue weighted by molar-refractivity contribution is 6.42. The Morgan fingerprint density at radius 3 is 2.56 bits per heavy atom. The van der Waals surface area contributed by atoms with Crippen molar-refractivity contribution in [2.24, 2.45) is 0 Å². The third-order valence-corrected chi connectivity index (χ3v) is 6.66. The highest BCUT2D eigenvalue weighted by Gasteiger charge is 2.47. The average Bonchev–Trinajstić information content (AvgIpc) is 3.11. The Kier molecular flexibility index (Phi) is 7.12. The van der Waals surface area contributed by atoms with Gasteiger partial charge in [0.05, 0.1) is 30.4 Å². The first-order valence-electron chi connectivity index (χ1n) is 10.5. The van der Waals surface area contributed by atoms with Crippen LogP contribution in [0.1, 0.15) is 12.0 Å². The lowest BCUT2D eigenvalue weighted by Gasteiger charge is -2.26. The molecule has 2 aromatic rings. The molecule has 1 atom stereocenters. The minimum Gasteiger partial charge on any atom is -0.493 e. The van der Waals surface area contributed by atoms with Crippen molar-refractivity contribution in [3.8, 4) is 11.5 Å². The zero-order valence-electron chi connectivity index (χ0n) is 17.9. The van der Waals surface area contributed by atoms with Gasteiger partial charge in [-0.2, -0.15) is 0 Å². The van der Waals surface area contributed by atoms with Gasteiger partial charge in [0.2, 0.25) is 0 Å². The summed E-state index contributed by atoms with van der Waals surface area (Å²) in [5, 5.41) is 11.8. The fourth-order valence-electron chi connectivity index (χ4n) is 4.03. The molecule has 2 aliphatic rings. The van der Waals surface area contributed by atoms with Crippen LogP contribution in [0.2, 0.25) is 10.0 Å². The molecule has 0 aliphatic carbocycles. The molecule has 1 N–H and O–H groups in total. The number of ether oxygens (including phenoxy) is 3. The zero-order valence-corrected chi connectivity index (χ0v) is 19.4. The van der Waals surface area contributed by atoms with Gasteiger partial charge in [0.25, 0.3) is 5.91 Å². The van der Waals surface area contributed by atoms with Crippen LogP contribution in [0, 0.1) is 0 Å². The number of carbonyl (C=O) groups is 1. The number of benzene rings is 2. The van der Waals surface area contributed by atoms with Crippen molar-refractivity contribution >= 4 is 34.8 Å². The van der Waals surface area contributed by atoms with Crippen molar-refractivity contribution < 1.29 is 24.1 Å². The summed E-state index contributed by atoms with van der Waals surface area (Å²) >= 11 is 12.1. The van der Waals surface area contributed by atoms with E-state index < -0.39 is 11.5 Å². The lowest BCUT2D eigenvalue weighted by atomic mass is 9.92. The van der Waals surface area contributed by atoms with Crippen LogP contribution in [-0.2, 0) is 15.1 Å². The molecule has 9 heteroatoms. The van der Waals surface area contributed by atoms with E-state index in [4.69, 9.17) is 37.4 Å². The SMILES string of the molecule is COc1ccc(N2CCC(O)(c3ccc(Cl)c(Cl)c3)C2=O)cc1OCCN1CCOCC1. The summed E-state index contributed by atoms with van der Waals surface area (Å²) in [5.74, 6) is 0.721. The van der Waals surface area contributed by atoms with Gasteiger partial charge in [-0.3, -0.25) is 9.69 Å². The molecule has 0 saturated carbocycles. The van der Waals surface area contributed by atoms with Crippen molar-refractivity contribution in [1.82, 2.24) is 4.90 Å². The molecule has 7 nitrogen and oxygen atoms in total. The Morgan fingerprint density at radius 1 is 1.06 bits per heavy atom. The molecule has 4 rings (SSSR count). The smallest absolute Gasteiger partial charge is 0.263 e. The second-order valence-corrected chi connectivity index (χ2v) is 8.65. The van der Waals surface area contributed by atoms with E-state index in [1.54, 1.807) is 48.4 Å². The molecule has 2 aliphatic heterocycles. The summed E-state index contributed by atoms with van der Waals surface area (Å²) in [6.07, 6.45) is 0.239. The summed E-state index contributed by atoms with van der Waals surface area (Å²) in [7, 11) is 1.58. The number of morpholine rings is 1. The van der Waals surface area contributed by atoms with Crippen molar-refractivity contribution in [3.63, 3.8) is 0 Å². The van der Waals surface area contributed by atoms with Crippen LogP contribution < -0.4 is 14.4 Å². The number of hydrogen-bond donors (Lipinski definition) is 1. The maximum Gasteiger partial charge on any atom is 0.263 e. The Hall–Kier alpha value is -2.03. The van der Waals surface area contributed by atoms with Crippen molar-refractivity contribution in [3.05, 3.63) is 52.0 Å². The van der Waals surface area contributed by atoms with E-state index in [0.717, 1.165) is 32.8 Å². The van der Waals surface area contributed by atoms with E-state index in [0.29, 0.717) is 45.9 Å². The minimum atomic E-state index is -1.66. The van der Waals surface area contributed by atoms with Crippen LogP contribution in [0.3, 0.4) is 0 Å². The Labute approximate surface area is 197 Å². The summed E-state index contributed by atoms with van der Waals surface area (Å²) < 4.78 is 16.8. The number of amides is 1. The van der Waals surface area contributed by atoms with E-state index in [2.05, 4.69) is 4.90 Å². The molecule has 0 radical (unpaired) electrons.